The number of rotatable bonds is 5. The molecule has 4 heteroatoms. The average molecular weight is 237 g/mol. The van der Waals surface area contributed by atoms with Crippen molar-refractivity contribution in [3.8, 4) is 5.75 Å². The van der Waals surface area contributed by atoms with Gasteiger partial charge < -0.3 is 15.2 Å². The number of ether oxygens (including phenoxy) is 2. The maximum absolute atomic E-state index is 11.2. The number of hydrogen-bond acceptors (Lipinski definition) is 4. The number of carbonyl (C=O) groups is 1. The molecule has 0 aliphatic rings. The number of carbonyl (C=O) groups excluding carboxylic acids is 1. The van der Waals surface area contributed by atoms with E-state index < -0.39 is 6.10 Å². The Bertz CT molecular complexity index is 359. The molecule has 4 nitrogen and oxygen atoms in total. The molecule has 1 aromatic rings. The van der Waals surface area contributed by atoms with Gasteiger partial charge in [-0.1, -0.05) is 12.1 Å². The van der Waals surface area contributed by atoms with E-state index in [-0.39, 0.29) is 12.0 Å². The fraction of sp³-hybridized carbons (Fsp3) is 0.462. The van der Waals surface area contributed by atoms with E-state index in [1.807, 2.05) is 31.2 Å². The molecule has 1 aromatic carbocycles. The van der Waals surface area contributed by atoms with Crippen LogP contribution in [-0.4, -0.2) is 25.2 Å². The van der Waals surface area contributed by atoms with Crippen molar-refractivity contribution in [2.45, 2.75) is 32.4 Å². The molecule has 1 rings (SSSR count). The van der Waals surface area contributed by atoms with Crippen LogP contribution in [0.4, 0.5) is 0 Å². The zero-order chi connectivity index (χ0) is 12.8. The summed E-state index contributed by atoms with van der Waals surface area (Å²) in [5.74, 6) is 0.265. The summed E-state index contributed by atoms with van der Waals surface area (Å²) >= 11 is 0. The molecular weight excluding hydrogens is 218 g/mol. The smallest absolute Gasteiger partial charge is 0.346 e. The minimum Gasteiger partial charge on any atom is -0.479 e. The molecule has 0 amide bonds. The summed E-state index contributed by atoms with van der Waals surface area (Å²) in [5, 5.41) is 0. The maximum atomic E-state index is 11.2. The van der Waals surface area contributed by atoms with Crippen LogP contribution >= 0.6 is 0 Å². The zero-order valence-corrected chi connectivity index (χ0v) is 10.5. The lowest BCUT2D eigenvalue weighted by Crippen LogP contribution is -2.24. The highest BCUT2D eigenvalue weighted by molar-refractivity contribution is 5.74. The van der Waals surface area contributed by atoms with Gasteiger partial charge in [0, 0.05) is 6.04 Å². The molecule has 1 unspecified atom stereocenters. The van der Waals surface area contributed by atoms with Crippen LogP contribution in [0.15, 0.2) is 24.3 Å². The summed E-state index contributed by atoms with van der Waals surface area (Å²) in [5.41, 5.74) is 6.86. The Morgan fingerprint density at radius 3 is 2.35 bits per heavy atom. The lowest BCUT2D eigenvalue weighted by molar-refractivity contribution is -0.147. The van der Waals surface area contributed by atoms with E-state index in [1.54, 1.807) is 6.92 Å². The van der Waals surface area contributed by atoms with Crippen LogP contribution in [0.25, 0.3) is 0 Å². The number of benzene rings is 1. The van der Waals surface area contributed by atoms with Crippen LogP contribution in [0.3, 0.4) is 0 Å². The molecule has 0 saturated carbocycles. The third-order valence-corrected chi connectivity index (χ3v) is 2.33. The molecule has 0 aliphatic carbocycles. The highest BCUT2D eigenvalue weighted by atomic mass is 16.6. The Hall–Kier alpha value is -1.55. The van der Waals surface area contributed by atoms with Gasteiger partial charge in [0.05, 0.1) is 7.11 Å². The van der Waals surface area contributed by atoms with Gasteiger partial charge in [-0.05, 0) is 38.0 Å². The van der Waals surface area contributed by atoms with Gasteiger partial charge >= 0.3 is 5.97 Å². The summed E-state index contributed by atoms with van der Waals surface area (Å²) < 4.78 is 10.0. The van der Waals surface area contributed by atoms with Crippen molar-refractivity contribution in [3.63, 3.8) is 0 Å². The van der Waals surface area contributed by atoms with Crippen LogP contribution in [0.2, 0.25) is 0 Å². The second-order valence-corrected chi connectivity index (χ2v) is 4.11. The average Bonchev–Trinajstić information content (AvgIpc) is 2.30. The van der Waals surface area contributed by atoms with E-state index in [0.29, 0.717) is 5.75 Å². The molecule has 0 saturated heterocycles. The van der Waals surface area contributed by atoms with Gasteiger partial charge in [-0.25, -0.2) is 4.79 Å². The van der Waals surface area contributed by atoms with Crippen LogP contribution in [0.5, 0.6) is 5.75 Å². The fourth-order valence-corrected chi connectivity index (χ4v) is 1.49. The Balaban J connectivity index is 2.59. The van der Waals surface area contributed by atoms with Crippen molar-refractivity contribution in [3.05, 3.63) is 29.8 Å². The topological polar surface area (TPSA) is 61.5 Å². The van der Waals surface area contributed by atoms with Crippen molar-refractivity contribution in [2.24, 2.45) is 5.73 Å². The normalized spacial score (nSPS) is 13.9. The fourth-order valence-electron chi connectivity index (χ4n) is 1.49. The first-order valence-electron chi connectivity index (χ1n) is 5.62. The molecule has 0 spiro atoms. The van der Waals surface area contributed by atoms with Gasteiger partial charge in [0.1, 0.15) is 5.75 Å². The van der Waals surface area contributed by atoms with Gasteiger partial charge in [-0.15, -0.1) is 0 Å². The minimum absolute atomic E-state index is 0.135. The summed E-state index contributed by atoms with van der Waals surface area (Å²) in [7, 11) is 1.34. The predicted molar refractivity (Wildman–Crippen MR) is 65.9 cm³/mol. The molecule has 2 atom stereocenters. The van der Waals surface area contributed by atoms with E-state index in [0.717, 1.165) is 12.0 Å². The van der Waals surface area contributed by atoms with Crippen LogP contribution in [0, 0.1) is 0 Å². The third-order valence-electron chi connectivity index (χ3n) is 2.33. The van der Waals surface area contributed by atoms with E-state index in [4.69, 9.17) is 10.5 Å². The maximum Gasteiger partial charge on any atom is 0.346 e. The second-order valence-electron chi connectivity index (χ2n) is 4.11. The monoisotopic (exact) mass is 237 g/mol. The molecule has 0 aromatic heterocycles. The van der Waals surface area contributed by atoms with Crippen molar-refractivity contribution < 1.29 is 14.3 Å². The van der Waals surface area contributed by atoms with Gasteiger partial charge in [0.15, 0.2) is 6.10 Å². The number of methoxy groups -OCH3 is 1. The van der Waals surface area contributed by atoms with E-state index >= 15 is 0 Å². The Morgan fingerprint density at radius 2 is 1.88 bits per heavy atom. The van der Waals surface area contributed by atoms with Gasteiger partial charge in [-0.2, -0.15) is 0 Å². The summed E-state index contributed by atoms with van der Waals surface area (Å²) in [6.07, 6.45) is 0.228. The van der Waals surface area contributed by atoms with E-state index in [1.165, 1.54) is 7.11 Å². The quantitative estimate of drug-likeness (QED) is 0.789. The predicted octanol–water partition coefficient (Wildman–Crippen LogP) is 1.52. The summed E-state index contributed by atoms with van der Waals surface area (Å²) in [6, 6.07) is 7.69. The first-order chi connectivity index (χ1) is 8.02. The Labute approximate surface area is 102 Å². The summed E-state index contributed by atoms with van der Waals surface area (Å²) in [6.45, 7) is 3.62. The molecule has 0 radical (unpaired) electrons. The molecule has 2 N–H and O–H groups in total. The first-order valence-corrected chi connectivity index (χ1v) is 5.62. The number of esters is 1. The second kappa shape index (κ2) is 6.25. The van der Waals surface area contributed by atoms with Gasteiger partial charge in [0.2, 0.25) is 0 Å². The van der Waals surface area contributed by atoms with Crippen LogP contribution in [0.1, 0.15) is 19.4 Å². The lowest BCUT2D eigenvalue weighted by Gasteiger charge is -2.13. The van der Waals surface area contributed by atoms with Crippen molar-refractivity contribution in [2.75, 3.05) is 7.11 Å². The summed E-state index contributed by atoms with van der Waals surface area (Å²) in [4.78, 5) is 11.2. The van der Waals surface area contributed by atoms with E-state index in [9.17, 15) is 4.79 Å². The van der Waals surface area contributed by atoms with E-state index in [2.05, 4.69) is 4.74 Å². The van der Waals surface area contributed by atoms with Crippen LogP contribution in [-0.2, 0) is 16.0 Å². The lowest BCUT2D eigenvalue weighted by atomic mass is 10.1. The van der Waals surface area contributed by atoms with Crippen LogP contribution < -0.4 is 10.5 Å². The molecular formula is C13H19NO3. The SMILES string of the molecule is COC(=O)[C@@H](C)Oc1ccc(CC(C)N)cc1. The highest BCUT2D eigenvalue weighted by Crippen LogP contribution is 2.15. The van der Waals surface area contributed by atoms with Crippen molar-refractivity contribution >= 4 is 5.97 Å². The minimum atomic E-state index is -0.598. The molecule has 0 aliphatic heterocycles. The molecule has 0 bridgehead atoms. The van der Waals surface area contributed by atoms with Crippen molar-refractivity contribution in [1.82, 2.24) is 0 Å². The van der Waals surface area contributed by atoms with Gasteiger partial charge in [-0.3, -0.25) is 0 Å². The highest BCUT2D eigenvalue weighted by Gasteiger charge is 2.14. The number of nitrogens with two attached hydrogens (primary N) is 1. The largest absolute Gasteiger partial charge is 0.479 e. The molecule has 0 fully saturated rings. The van der Waals surface area contributed by atoms with Crippen molar-refractivity contribution in [1.29, 1.82) is 0 Å². The molecule has 94 valence electrons. The zero-order valence-electron chi connectivity index (χ0n) is 10.5. The standard InChI is InChI=1S/C13H19NO3/c1-9(14)8-11-4-6-12(7-5-11)17-10(2)13(15)16-3/h4-7,9-10H,8,14H2,1-3H3/t9?,10-/m1/s1. The first kappa shape index (κ1) is 13.5. The van der Waals surface area contributed by atoms with Gasteiger partial charge in [0.25, 0.3) is 0 Å². The molecule has 0 heterocycles. The molecule has 17 heavy (non-hydrogen) atoms. The number of hydrogen-bond donors (Lipinski definition) is 1. The Morgan fingerprint density at radius 1 is 1.29 bits per heavy atom. The Kier molecular flexibility index (Phi) is 4.97. The third kappa shape index (κ3) is 4.44.